The molecule has 0 saturated carbocycles. The minimum Gasteiger partial charge on any atom is -0.492 e. The Morgan fingerprint density at radius 2 is 2.29 bits per heavy atom. The van der Waals surface area contributed by atoms with E-state index in [-0.39, 0.29) is 5.69 Å². The second-order valence-corrected chi connectivity index (χ2v) is 5.57. The van der Waals surface area contributed by atoms with Gasteiger partial charge in [-0.25, -0.2) is 0 Å². The number of hydrogen-bond donors (Lipinski definition) is 1. The molecule has 0 fully saturated rings. The third-order valence-corrected chi connectivity index (χ3v) is 3.83. The second-order valence-electron chi connectivity index (χ2n) is 4.77. The van der Waals surface area contributed by atoms with E-state index in [4.69, 9.17) is 10.00 Å². The number of nitro benzene ring substituents is 1. The fourth-order valence-electron chi connectivity index (χ4n) is 1.93. The zero-order valence-electron chi connectivity index (χ0n) is 12.1. The van der Waals surface area contributed by atoms with Crippen LogP contribution in [-0.4, -0.2) is 23.6 Å². The first kappa shape index (κ1) is 17.4. The smallest absolute Gasteiger partial charge is 0.287 e. The van der Waals surface area contributed by atoms with E-state index in [9.17, 15) is 10.1 Å². The maximum Gasteiger partial charge on any atom is 0.287 e. The molecule has 0 aliphatic carbocycles. The molecule has 0 amide bonds. The van der Waals surface area contributed by atoms with Crippen molar-refractivity contribution in [1.82, 2.24) is 5.32 Å². The van der Waals surface area contributed by atoms with E-state index < -0.39 is 10.5 Å². The molecule has 0 aliphatic heterocycles. The van der Waals surface area contributed by atoms with Crippen LogP contribution in [0.1, 0.15) is 26.7 Å². The van der Waals surface area contributed by atoms with Gasteiger partial charge in [0, 0.05) is 6.07 Å². The molecule has 7 heteroatoms. The molecular formula is C14H18BrN3O3. The van der Waals surface area contributed by atoms with Crippen molar-refractivity contribution in [2.75, 3.05) is 13.2 Å². The monoisotopic (exact) mass is 355 g/mol. The first-order valence-corrected chi connectivity index (χ1v) is 7.45. The SMILES string of the molecule is CCNC(C)(C#N)CCCOc1cccc([N+](=O)[O-])c1Br. The molecular weight excluding hydrogens is 338 g/mol. The molecule has 1 aromatic carbocycles. The highest BCUT2D eigenvalue weighted by atomic mass is 79.9. The third-order valence-electron chi connectivity index (χ3n) is 3.03. The minimum absolute atomic E-state index is 0.0259. The van der Waals surface area contributed by atoms with Crippen LogP contribution in [-0.2, 0) is 0 Å². The van der Waals surface area contributed by atoms with E-state index in [0.717, 1.165) is 6.54 Å². The van der Waals surface area contributed by atoms with E-state index in [2.05, 4.69) is 27.3 Å². The van der Waals surface area contributed by atoms with Gasteiger partial charge >= 0.3 is 0 Å². The molecule has 6 nitrogen and oxygen atoms in total. The molecule has 0 aromatic heterocycles. The summed E-state index contributed by atoms with van der Waals surface area (Å²) in [6, 6.07) is 6.91. The lowest BCUT2D eigenvalue weighted by atomic mass is 9.98. The lowest BCUT2D eigenvalue weighted by Gasteiger charge is -2.22. The van der Waals surface area contributed by atoms with E-state index in [0.29, 0.717) is 29.7 Å². The molecule has 21 heavy (non-hydrogen) atoms. The van der Waals surface area contributed by atoms with Crippen molar-refractivity contribution in [2.24, 2.45) is 0 Å². The Balaban J connectivity index is 2.56. The van der Waals surface area contributed by atoms with Crippen LogP contribution >= 0.6 is 15.9 Å². The Labute approximate surface area is 132 Å². The van der Waals surface area contributed by atoms with Crippen LogP contribution in [0.15, 0.2) is 22.7 Å². The topological polar surface area (TPSA) is 88.2 Å². The number of benzene rings is 1. The number of hydrogen-bond acceptors (Lipinski definition) is 5. The summed E-state index contributed by atoms with van der Waals surface area (Å²) in [7, 11) is 0. The summed E-state index contributed by atoms with van der Waals surface area (Å²) < 4.78 is 5.89. The molecule has 0 spiro atoms. The molecule has 1 N–H and O–H groups in total. The third kappa shape index (κ3) is 4.99. The van der Waals surface area contributed by atoms with Crippen LogP contribution in [0.3, 0.4) is 0 Å². The zero-order chi connectivity index (χ0) is 15.9. The Bertz CT molecular complexity index is 545. The van der Waals surface area contributed by atoms with E-state index in [1.54, 1.807) is 12.1 Å². The summed E-state index contributed by atoms with van der Waals surface area (Å²) in [5.74, 6) is 0.436. The van der Waals surface area contributed by atoms with Gasteiger partial charge in [-0.2, -0.15) is 5.26 Å². The molecule has 1 rings (SSSR count). The van der Waals surface area contributed by atoms with Crippen molar-refractivity contribution in [3.05, 3.63) is 32.8 Å². The number of nitrogens with zero attached hydrogens (tertiary/aromatic N) is 2. The minimum atomic E-state index is -0.571. The maximum atomic E-state index is 10.8. The van der Waals surface area contributed by atoms with Gasteiger partial charge in [-0.15, -0.1) is 0 Å². The molecule has 0 heterocycles. The molecule has 114 valence electrons. The fraction of sp³-hybridized carbons (Fsp3) is 0.500. The van der Waals surface area contributed by atoms with Gasteiger partial charge in [0.15, 0.2) is 0 Å². The molecule has 1 unspecified atom stereocenters. The van der Waals surface area contributed by atoms with Crippen LogP contribution in [0.4, 0.5) is 5.69 Å². The van der Waals surface area contributed by atoms with Crippen LogP contribution in [0, 0.1) is 21.4 Å². The summed E-state index contributed by atoms with van der Waals surface area (Å²) in [5, 5.41) is 23.1. The average molecular weight is 356 g/mol. The summed E-state index contributed by atoms with van der Waals surface area (Å²) in [5.41, 5.74) is -0.597. The number of nitriles is 1. The quantitative estimate of drug-likeness (QED) is 0.438. The van der Waals surface area contributed by atoms with E-state index in [1.807, 2.05) is 13.8 Å². The number of rotatable bonds is 8. The van der Waals surface area contributed by atoms with Crippen LogP contribution in [0.25, 0.3) is 0 Å². The zero-order valence-corrected chi connectivity index (χ0v) is 13.6. The molecule has 0 saturated heterocycles. The highest BCUT2D eigenvalue weighted by Crippen LogP contribution is 2.33. The lowest BCUT2D eigenvalue weighted by molar-refractivity contribution is -0.385. The normalized spacial score (nSPS) is 13.2. The van der Waals surface area contributed by atoms with Gasteiger partial charge < -0.3 is 4.74 Å². The summed E-state index contributed by atoms with van der Waals surface area (Å²) in [4.78, 5) is 10.4. The average Bonchev–Trinajstić information content (AvgIpc) is 2.45. The highest BCUT2D eigenvalue weighted by Gasteiger charge is 2.22. The first-order valence-electron chi connectivity index (χ1n) is 6.65. The fourth-order valence-corrected chi connectivity index (χ4v) is 2.46. The van der Waals surface area contributed by atoms with Crippen molar-refractivity contribution in [3.8, 4) is 11.8 Å². The first-order chi connectivity index (χ1) is 9.93. The maximum absolute atomic E-state index is 10.8. The van der Waals surface area contributed by atoms with Gasteiger partial charge in [0.1, 0.15) is 15.8 Å². The predicted molar refractivity (Wildman–Crippen MR) is 83.2 cm³/mol. The Morgan fingerprint density at radius 1 is 1.57 bits per heavy atom. The summed E-state index contributed by atoms with van der Waals surface area (Å²) in [6.45, 7) is 4.91. The number of nitrogens with one attached hydrogen (secondary N) is 1. The summed E-state index contributed by atoms with van der Waals surface area (Å²) >= 11 is 3.18. The van der Waals surface area contributed by atoms with Crippen LogP contribution in [0.5, 0.6) is 5.75 Å². The predicted octanol–water partition coefficient (Wildman–Crippen LogP) is 3.41. The van der Waals surface area contributed by atoms with Gasteiger partial charge in [0.25, 0.3) is 5.69 Å². The number of nitro groups is 1. The van der Waals surface area contributed by atoms with E-state index >= 15 is 0 Å². The number of ether oxygens (including phenoxy) is 1. The summed E-state index contributed by atoms with van der Waals surface area (Å²) in [6.07, 6.45) is 1.32. The van der Waals surface area contributed by atoms with Crippen LogP contribution < -0.4 is 10.1 Å². The van der Waals surface area contributed by atoms with Gasteiger partial charge in [0.05, 0.1) is 17.6 Å². The van der Waals surface area contributed by atoms with Gasteiger partial charge in [-0.3, -0.25) is 15.4 Å². The number of halogens is 1. The van der Waals surface area contributed by atoms with Crippen molar-refractivity contribution >= 4 is 21.6 Å². The molecule has 0 bridgehead atoms. The molecule has 0 aliphatic rings. The van der Waals surface area contributed by atoms with Crippen molar-refractivity contribution in [3.63, 3.8) is 0 Å². The Hall–Kier alpha value is -1.65. The second kappa shape index (κ2) is 7.96. The van der Waals surface area contributed by atoms with Crippen molar-refractivity contribution < 1.29 is 9.66 Å². The molecule has 1 atom stereocenters. The van der Waals surface area contributed by atoms with Gasteiger partial charge in [-0.1, -0.05) is 13.0 Å². The highest BCUT2D eigenvalue weighted by molar-refractivity contribution is 9.10. The molecule has 1 aromatic rings. The van der Waals surface area contributed by atoms with Crippen LogP contribution in [0.2, 0.25) is 0 Å². The van der Waals surface area contributed by atoms with Gasteiger partial charge in [-0.05, 0) is 48.3 Å². The van der Waals surface area contributed by atoms with Gasteiger partial charge in [0.2, 0.25) is 0 Å². The standard InChI is InChI=1S/C14H18BrN3O3/c1-3-17-14(2,10-16)8-5-9-21-12-7-4-6-11(13(12)15)18(19)20/h4,6-7,17H,3,5,8-9H2,1-2H3. The Kier molecular flexibility index (Phi) is 6.59. The van der Waals surface area contributed by atoms with E-state index in [1.165, 1.54) is 6.07 Å². The lowest BCUT2D eigenvalue weighted by Crippen LogP contribution is -2.40. The van der Waals surface area contributed by atoms with Crippen molar-refractivity contribution in [2.45, 2.75) is 32.2 Å². The molecule has 0 radical (unpaired) electrons. The largest absolute Gasteiger partial charge is 0.492 e. The van der Waals surface area contributed by atoms with Crippen molar-refractivity contribution in [1.29, 1.82) is 5.26 Å². The Morgan fingerprint density at radius 3 is 2.86 bits per heavy atom.